The zero-order valence-corrected chi connectivity index (χ0v) is 14.3. The van der Waals surface area contributed by atoms with Crippen molar-refractivity contribution in [2.45, 2.75) is 38.0 Å². The molecule has 5 nitrogen and oxygen atoms in total. The lowest BCUT2D eigenvalue weighted by Gasteiger charge is -2.38. The molecule has 0 aliphatic carbocycles. The van der Waals surface area contributed by atoms with Gasteiger partial charge in [0.1, 0.15) is 11.8 Å². The second-order valence-electron chi connectivity index (χ2n) is 5.62. The zero-order valence-electron chi connectivity index (χ0n) is 13.5. The fraction of sp³-hybridized carbons (Fsp3) is 0.625. The van der Waals surface area contributed by atoms with E-state index in [0.29, 0.717) is 25.3 Å². The molecule has 0 N–H and O–H groups in total. The quantitative estimate of drug-likeness (QED) is 0.807. The van der Waals surface area contributed by atoms with E-state index in [-0.39, 0.29) is 17.9 Å². The summed E-state index contributed by atoms with van der Waals surface area (Å²) in [5.41, 5.74) is 0. The van der Waals surface area contributed by atoms with Crippen LogP contribution in [0.25, 0.3) is 0 Å². The first kappa shape index (κ1) is 16.9. The Morgan fingerprint density at radius 2 is 2.18 bits per heavy atom. The lowest BCUT2D eigenvalue weighted by molar-refractivity contribution is -0.138. The Bertz CT molecular complexity index is 529. The highest BCUT2D eigenvalue weighted by Gasteiger charge is 2.36. The largest absolute Gasteiger partial charge is 0.455 e. The normalized spacial score (nSPS) is 18.9. The van der Waals surface area contributed by atoms with Crippen LogP contribution in [0.4, 0.5) is 0 Å². The summed E-state index contributed by atoms with van der Waals surface area (Å²) >= 11 is 1.65. The Hall–Kier alpha value is -1.43. The minimum absolute atomic E-state index is 0.0314. The molecule has 1 unspecified atom stereocenters. The van der Waals surface area contributed by atoms with Crippen molar-refractivity contribution in [2.75, 3.05) is 26.4 Å². The molecule has 1 fully saturated rings. The van der Waals surface area contributed by atoms with Crippen LogP contribution in [0.15, 0.2) is 16.5 Å². The van der Waals surface area contributed by atoms with Crippen molar-refractivity contribution < 1.29 is 14.0 Å². The predicted molar refractivity (Wildman–Crippen MR) is 87.9 cm³/mol. The van der Waals surface area contributed by atoms with Crippen molar-refractivity contribution in [1.29, 1.82) is 0 Å². The van der Waals surface area contributed by atoms with Crippen LogP contribution in [0, 0.1) is 0 Å². The number of thioether (sulfide) groups is 1. The van der Waals surface area contributed by atoms with Crippen molar-refractivity contribution in [3.63, 3.8) is 0 Å². The van der Waals surface area contributed by atoms with E-state index in [1.807, 2.05) is 12.3 Å². The molecule has 1 aromatic heterocycles. The molecule has 1 saturated heterocycles. The van der Waals surface area contributed by atoms with Crippen molar-refractivity contribution in [1.82, 2.24) is 9.80 Å². The molecule has 0 radical (unpaired) electrons. The summed E-state index contributed by atoms with van der Waals surface area (Å²) in [4.78, 5) is 28.5. The van der Waals surface area contributed by atoms with Crippen LogP contribution in [0.2, 0.25) is 0 Å². The number of piperazine rings is 1. The molecule has 1 atom stereocenters. The van der Waals surface area contributed by atoms with Crippen molar-refractivity contribution in [2.24, 2.45) is 0 Å². The zero-order chi connectivity index (χ0) is 16.1. The highest BCUT2D eigenvalue weighted by atomic mass is 32.2. The Morgan fingerprint density at radius 1 is 1.41 bits per heavy atom. The number of rotatable bonds is 6. The third-order valence-electron chi connectivity index (χ3n) is 3.96. The molecule has 0 spiro atoms. The third-order valence-corrected chi connectivity index (χ3v) is 4.54. The number of hydrogen-bond donors (Lipinski definition) is 0. The summed E-state index contributed by atoms with van der Waals surface area (Å²) in [5.74, 6) is 1.73. The van der Waals surface area contributed by atoms with E-state index >= 15 is 0 Å². The molecule has 1 aliphatic heterocycles. The van der Waals surface area contributed by atoms with Gasteiger partial charge in [-0.05, 0) is 24.8 Å². The summed E-state index contributed by atoms with van der Waals surface area (Å²) < 4.78 is 5.62. The van der Waals surface area contributed by atoms with Crippen LogP contribution in [0.3, 0.4) is 0 Å². The Labute approximate surface area is 136 Å². The number of hydrogen-bond acceptors (Lipinski definition) is 4. The molecule has 0 bridgehead atoms. The second kappa shape index (κ2) is 7.72. The van der Waals surface area contributed by atoms with Crippen molar-refractivity contribution in [3.8, 4) is 0 Å². The summed E-state index contributed by atoms with van der Waals surface area (Å²) in [6.07, 6.45) is 4.64. The van der Waals surface area contributed by atoms with Gasteiger partial charge in [-0.15, -0.1) is 0 Å². The van der Waals surface area contributed by atoms with Crippen molar-refractivity contribution in [3.05, 3.63) is 23.7 Å². The van der Waals surface area contributed by atoms with Crippen LogP contribution in [-0.4, -0.2) is 54.0 Å². The molecule has 6 heteroatoms. The van der Waals surface area contributed by atoms with Gasteiger partial charge in [0.15, 0.2) is 5.76 Å². The van der Waals surface area contributed by atoms with Gasteiger partial charge in [-0.2, -0.15) is 11.8 Å². The van der Waals surface area contributed by atoms with Gasteiger partial charge in [0.25, 0.3) is 5.91 Å². The van der Waals surface area contributed by atoms with E-state index < -0.39 is 0 Å². The van der Waals surface area contributed by atoms with Gasteiger partial charge in [-0.25, -0.2) is 0 Å². The molecular formula is C16H24N2O3S. The van der Waals surface area contributed by atoms with Crippen LogP contribution in [-0.2, 0) is 10.5 Å². The first-order chi connectivity index (χ1) is 10.6. The van der Waals surface area contributed by atoms with Crippen molar-refractivity contribution >= 4 is 23.6 Å². The highest BCUT2D eigenvalue weighted by Crippen LogP contribution is 2.21. The summed E-state index contributed by atoms with van der Waals surface area (Å²) in [6, 6.07) is 3.19. The molecule has 22 heavy (non-hydrogen) atoms. The molecule has 1 aromatic rings. The SMILES string of the molecule is CCCCC1C(=O)N(C)CCN1C(=O)c1ccc(CSC)o1. The highest BCUT2D eigenvalue weighted by molar-refractivity contribution is 7.97. The predicted octanol–water partition coefficient (Wildman–Crippen LogP) is 2.62. The minimum atomic E-state index is -0.361. The van der Waals surface area contributed by atoms with Crippen LogP contribution < -0.4 is 0 Å². The Morgan fingerprint density at radius 3 is 2.86 bits per heavy atom. The fourth-order valence-corrected chi connectivity index (χ4v) is 3.13. The van der Waals surface area contributed by atoms with E-state index in [0.717, 1.165) is 24.4 Å². The van der Waals surface area contributed by atoms with Gasteiger partial charge in [0.2, 0.25) is 5.91 Å². The summed E-state index contributed by atoms with van der Waals surface area (Å²) in [5, 5.41) is 0. The van der Waals surface area contributed by atoms with E-state index in [9.17, 15) is 9.59 Å². The molecule has 0 saturated carbocycles. The van der Waals surface area contributed by atoms with Gasteiger partial charge in [-0.1, -0.05) is 19.8 Å². The number of furan rings is 1. The fourth-order valence-electron chi connectivity index (χ4n) is 2.69. The molecule has 2 heterocycles. The number of likely N-dealkylation sites (N-methyl/N-ethyl adjacent to an activating group) is 1. The number of carbonyl (C=O) groups excluding carboxylic acids is 2. The van der Waals surface area contributed by atoms with Gasteiger partial charge in [0, 0.05) is 20.1 Å². The Kier molecular flexibility index (Phi) is 5.94. The van der Waals surface area contributed by atoms with Gasteiger partial charge in [0.05, 0.1) is 5.75 Å². The monoisotopic (exact) mass is 324 g/mol. The standard InChI is InChI=1S/C16H24N2O3S/c1-4-5-6-13-15(19)17(2)9-10-18(13)16(20)14-8-7-12(21-14)11-22-3/h7-8,13H,4-6,9-11H2,1-3H3. The maximum Gasteiger partial charge on any atom is 0.290 e. The third kappa shape index (κ3) is 3.66. The average molecular weight is 324 g/mol. The number of carbonyl (C=O) groups is 2. The maximum absolute atomic E-state index is 12.7. The smallest absolute Gasteiger partial charge is 0.290 e. The number of amides is 2. The summed E-state index contributed by atoms with van der Waals surface area (Å²) in [7, 11) is 1.80. The second-order valence-corrected chi connectivity index (χ2v) is 6.48. The molecule has 2 amide bonds. The molecule has 0 aromatic carbocycles. The first-order valence-electron chi connectivity index (χ1n) is 7.72. The maximum atomic E-state index is 12.7. The Balaban J connectivity index is 2.15. The van der Waals surface area contributed by atoms with Gasteiger partial charge in [-0.3, -0.25) is 9.59 Å². The lowest BCUT2D eigenvalue weighted by Crippen LogP contribution is -2.57. The van der Waals surface area contributed by atoms with E-state index in [2.05, 4.69) is 6.92 Å². The van der Waals surface area contributed by atoms with Gasteiger partial charge < -0.3 is 14.2 Å². The van der Waals surface area contributed by atoms with E-state index in [1.54, 1.807) is 34.7 Å². The molecule has 122 valence electrons. The molecule has 2 rings (SSSR count). The first-order valence-corrected chi connectivity index (χ1v) is 9.11. The van der Waals surface area contributed by atoms with Crippen LogP contribution in [0.1, 0.15) is 42.5 Å². The van der Waals surface area contributed by atoms with Gasteiger partial charge >= 0.3 is 0 Å². The summed E-state index contributed by atoms with van der Waals surface area (Å²) in [6.45, 7) is 3.23. The molecular weight excluding hydrogens is 300 g/mol. The molecule has 1 aliphatic rings. The van der Waals surface area contributed by atoms with Crippen LogP contribution in [0.5, 0.6) is 0 Å². The van der Waals surface area contributed by atoms with Crippen LogP contribution >= 0.6 is 11.8 Å². The number of unbranched alkanes of at least 4 members (excludes halogenated alkanes) is 1. The average Bonchev–Trinajstić information content (AvgIpc) is 2.97. The van der Waals surface area contributed by atoms with E-state index in [4.69, 9.17) is 4.42 Å². The number of nitrogens with zero attached hydrogens (tertiary/aromatic N) is 2. The lowest BCUT2D eigenvalue weighted by atomic mass is 10.0. The minimum Gasteiger partial charge on any atom is -0.455 e. The topological polar surface area (TPSA) is 53.8 Å². The van der Waals surface area contributed by atoms with E-state index in [1.165, 1.54) is 0 Å².